The molecule has 2 rings (SSSR count). The zero-order chi connectivity index (χ0) is 13.1. The van der Waals surface area contributed by atoms with E-state index in [-0.39, 0.29) is 0 Å². The quantitative estimate of drug-likeness (QED) is 0.869. The summed E-state index contributed by atoms with van der Waals surface area (Å²) >= 11 is 0. The Bertz CT molecular complexity index is 492. The van der Waals surface area contributed by atoms with Gasteiger partial charge in [-0.1, -0.05) is 0 Å². The molecule has 0 spiro atoms. The summed E-state index contributed by atoms with van der Waals surface area (Å²) < 4.78 is 0. The van der Waals surface area contributed by atoms with Crippen LogP contribution >= 0.6 is 0 Å². The predicted molar refractivity (Wildman–Crippen MR) is 76.2 cm³/mol. The van der Waals surface area contributed by atoms with Gasteiger partial charge in [0.25, 0.3) is 0 Å². The number of hydrogen-bond acceptors (Lipinski definition) is 3. The third-order valence-electron chi connectivity index (χ3n) is 3.13. The Balaban J connectivity index is 2.02. The minimum absolute atomic E-state index is 0.801. The lowest BCUT2D eigenvalue weighted by molar-refractivity contribution is 1.02. The molecule has 0 unspecified atom stereocenters. The first kappa shape index (κ1) is 12.5. The van der Waals surface area contributed by atoms with Crippen molar-refractivity contribution in [1.82, 2.24) is 10.2 Å². The molecule has 96 valence electrons. The van der Waals surface area contributed by atoms with Crippen molar-refractivity contribution in [3.63, 3.8) is 0 Å². The molecule has 2 aromatic rings. The van der Waals surface area contributed by atoms with Gasteiger partial charge in [-0.25, -0.2) is 0 Å². The van der Waals surface area contributed by atoms with Crippen LogP contribution in [0, 0.1) is 13.8 Å². The molecule has 0 bridgehead atoms. The molecule has 0 aliphatic heterocycles. The Morgan fingerprint density at radius 1 is 1.17 bits per heavy atom. The average molecular weight is 244 g/mol. The van der Waals surface area contributed by atoms with Crippen LogP contribution in [0.2, 0.25) is 0 Å². The Hall–Kier alpha value is -1.97. The van der Waals surface area contributed by atoms with E-state index in [1.54, 1.807) is 0 Å². The normalized spacial score (nSPS) is 10.4. The van der Waals surface area contributed by atoms with Crippen LogP contribution in [0.4, 0.5) is 11.4 Å². The molecular formula is C14H20N4. The van der Waals surface area contributed by atoms with Crippen molar-refractivity contribution in [2.24, 2.45) is 0 Å². The van der Waals surface area contributed by atoms with Crippen molar-refractivity contribution in [3.05, 3.63) is 41.2 Å². The van der Waals surface area contributed by atoms with Crippen molar-refractivity contribution in [1.29, 1.82) is 0 Å². The van der Waals surface area contributed by atoms with Gasteiger partial charge in [0, 0.05) is 43.3 Å². The van der Waals surface area contributed by atoms with E-state index < -0.39 is 0 Å². The van der Waals surface area contributed by atoms with Gasteiger partial charge in [0.2, 0.25) is 0 Å². The van der Waals surface area contributed by atoms with Crippen molar-refractivity contribution in [2.75, 3.05) is 24.3 Å². The highest BCUT2D eigenvalue weighted by atomic mass is 15.1. The summed E-state index contributed by atoms with van der Waals surface area (Å²) in [5.41, 5.74) is 5.76. The van der Waals surface area contributed by atoms with Crippen LogP contribution in [-0.2, 0) is 6.54 Å². The highest BCUT2D eigenvalue weighted by molar-refractivity contribution is 5.54. The molecule has 1 aromatic carbocycles. The first-order valence-electron chi connectivity index (χ1n) is 6.09. The monoisotopic (exact) mass is 244 g/mol. The summed E-state index contributed by atoms with van der Waals surface area (Å²) in [7, 11) is 4.08. The standard InChI is InChI=1S/C14H20N4/c1-10-14(11(2)17-16-10)9-15-12-5-7-13(8-6-12)18(3)4/h5-8,15H,9H2,1-4H3,(H,16,17). The third-order valence-corrected chi connectivity index (χ3v) is 3.13. The number of aromatic amines is 1. The Morgan fingerprint density at radius 2 is 1.83 bits per heavy atom. The minimum Gasteiger partial charge on any atom is -0.381 e. The van der Waals surface area contributed by atoms with E-state index in [1.165, 1.54) is 11.3 Å². The summed E-state index contributed by atoms with van der Waals surface area (Å²) in [5.74, 6) is 0. The van der Waals surface area contributed by atoms with Crippen LogP contribution in [0.15, 0.2) is 24.3 Å². The second-order valence-electron chi connectivity index (χ2n) is 4.71. The van der Waals surface area contributed by atoms with Gasteiger partial charge in [-0.2, -0.15) is 5.10 Å². The molecule has 0 aliphatic rings. The molecule has 0 saturated carbocycles. The van der Waals surface area contributed by atoms with Gasteiger partial charge in [-0.15, -0.1) is 0 Å². The largest absolute Gasteiger partial charge is 0.381 e. The van der Waals surface area contributed by atoms with Gasteiger partial charge < -0.3 is 10.2 Å². The Morgan fingerprint density at radius 3 is 2.33 bits per heavy atom. The number of hydrogen-bond donors (Lipinski definition) is 2. The van der Waals surface area contributed by atoms with E-state index >= 15 is 0 Å². The maximum atomic E-state index is 4.19. The fraction of sp³-hybridized carbons (Fsp3) is 0.357. The molecule has 4 heteroatoms. The number of benzene rings is 1. The Kier molecular flexibility index (Phi) is 3.55. The number of anilines is 2. The molecular weight excluding hydrogens is 224 g/mol. The second-order valence-corrected chi connectivity index (χ2v) is 4.71. The van der Waals surface area contributed by atoms with Crippen LogP contribution in [0.5, 0.6) is 0 Å². The number of H-pyrrole nitrogens is 1. The number of nitrogens with one attached hydrogen (secondary N) is 2. The second kappa shape index (κ2) is 5.12. The van der Waals surface area contributed by atoms with Crippen molar-refractivity contribution in [2.45, 2.75) is 20.4 Å². The lowest BCUT2D eigenvalue weighted by Gasteiger charge is -2.13. The molecule has 0 fully saturated rings. The number of aromatic nitrogens is 2. The van der Waals surface area contributed by atoms with E-state index in [4.69, 9.17) is 0 Å². The summed E-state index contributed by atoms with van der Waals surface area (Å²) in [6.07, 6.45) is 0. The third kappa shape index (κ3) is 2.64. The van der Waals surface area contributed by atoms with Gasteiger partial charge in [0.1, 0.15) is 0 Å². The summed E-state index contributed by atoms with van der Waals surface area (Å²) in [4.78, 5) is 2.09. The summed E-state index contributed by atoms with van der Waals surface area (Å²) in [5, 5.41) is 10.6. The molecule has 1 heterocycles. The number of nitrogens with zero attached hydrogens (tertiary/aromatic N) is 2. The molecule has 1 aromatic heterocycles. The molecule has 2 N–H and O–H groups in total. The maximum Gasteiger partial charge on any atom is 0.0643 e. The number of rotatable bonds is 4. The van der Waals surface area contributed by atoms with Crippen LogP contribution in [0.25, 0.3) is 0 Å². The predicted octanol–water partition coefficient (Wildman–Crippen LogP) is 2.70. The fourth-order valence-electron chi connectivity index (χ4n) is 1.90. The van der Waals surface area contributed by atoms with E-state index in [9.17, 15) is 0 Å². The van der Waals surface area contributed by atoms with Gasteiger partial charge in [-0.3, -0.25) is 5.10 Å². The summed E-state index contributed by atoms with van der Waals surface area (Å²) in [6.45, 7) is 4.87. The first-order chi connectivity index (χ1) is 8.58. The number of aryl methyl sites for hydroxylation is 2. The van der Waals surface area contributed by atoms with Crippen LogP contribution < -0.4 is 10.2 Å². The zero-order valence-corrected chi connectivity index (χ0v) is 11.4. The summed E-state index contributed by atoms with van der Waals surface area (Å²) in [6, 6.07) is 8.41. The Labute approximate surface area is 108 Å². The van der Waals surface area contributed by atoms with Gasteiger partial charge in [-0.05, 0) is 38.1 Å². The smallest absolute Gasteiger partial charge is 0.0643 e. The van der Waals surface area contributed by atoms with Gasteiger partial charge in [0.15, 0.2) is 0 Å². The lowest BCUT2D eigenvalue weighted by atomic mass is 10.2. The van der Waals surface area contributed by atoms with Crippen LogP contribution in [-0.4, -0.2) is 24.3 Å². The molecule has 4 nitrogen and oxygen atoms in total. The first-order valence-corrected chi connectivity index (χ1v) is 6.09. The van der Waals surface area contributed by atoms with E-state index in [0.29, 0.717) is 0 Å². The molecule has 18 heavy (non-hydrogen) atoms. The van der Waals surface area contributed by atoms with E-state index in [1.807, 2.05) is 27.9 Å². The van der Waals surface area contributed by atoms with E-state index in [0.717, 1.165) is 23.6 Å². The van der Waals surface area contributed by atoms with Crippen molar-refractivity contribution < 1.29 is 0 Å². The fourth-order valence-corrected chi connectivity index (χ4v) is 1.90. The minimum atomic E-state index is 0.801. The lowest BCUT2D eigenvalue weighted by Crippen LogP contribution is -2.08. The van der Waals surface area contributed by atoms with Crippen LogP contribution in [0.3, 0.4) is 0 Å². The van der Waals surface area contributed by atoms with Crippen molar-refractivity contribution >= 4 is 11.4 Å². The highest BCUT2D eigenvalue weighted by Crippen LogP contribution is 2.17. The molecule has 0 aliphatic carbocycles. The average Bonchev–Trinajstić information content (AvgIpc) is 2.67. The maximum absolute atomic E-state index is 4.19. The molecule has 0 amide bonds. The topological polar surface area (TPSA) is 44.0 Å². The van der Waals surface area contributed by atoms with Crippen LogP contribution in [0.1, 0.15) is 17.0 Å². The molecule has 0 radical (unpaired) electrons. The highest BCUT2D eigenvalue weighted by Gasteiger charge is 2.05. The van der Waals surface area contributed by atoms with Gasteiger partial charge in [0.05, 0.1) is 5.69 Å². The van der Waals surface area contributed by atoms with E-state index in [2.05, 4.69) is 44.7 Å². The molecule has 0 atom stereocenters. The molecule has 0 saturated heterocycles. The van der Waals surface area contributed by atoms with Gasteiger partial charge >= 0.3 is 0 Å². The SMILES string of the molecule is Cc1n[nH]c(C)c1CNc1ccc(N(C)C)cc1. The zero-order valence-electron chi connectivity index (χ0n) is 11.4. The van der Waals surface area contributed by atoms with Crippen molar-refractivity contribution in [3.8, 4) is 0 Å².